The van der Waals surface area contributed by atoms with Gasteiger partial charge in [-0.2, -0.15) is 5.10 Å². The normalized spacial score (nSPS) is 22.5. The van der Waals surface area contributed by atoms with E-state index < -0.39 is 5.82 Å². The van der Waals surface area contributed by atoms with Crippen molar-refractivity contribution in [1.82, 2.24) is 15.1 Å². The lowest BCUT2D eigenvalue weighted by atomic mass is 9.95. The Morgan fingerprint density at radius 3 is 3.05 bits per heavy atom. The van der Waals surface area contributed by atoms with Gasteiger partial charge in [0.1, 0.15) is 5.82 Å². The van der Waals surface area contributed by atoms with Crippen molar-refractivity contribution in [3.63, 3.8) is 0 Å². The van der Waals surface area contributed by atoms with E-state index in [0.717, 1.165) is 30.9 Å². The molecule has 0 unspecified atom stereocenters. The molecule has 6 heteroatoms. The zero-order valence-corrected chi connectivity index (χ0v) is 13.2. The number of aryl methyl sites for hydroxylation is 1. The summed E-state index contributed by atoms with van der Waals surface area (Å²) in [6.45, 7) is 4.94. The Morgan fingerprint density at radius 1 is 1.45 bits per heavy atom. The molecule has 3 rings (SSSR count). The monoisotopic (exact) mass is 323 g/mol. The first-order valence-corrected chi connectivity index (χ1v) is 7.78. The van der Waals surface area contributed by atoms with E-state index in [4.69, 9.17) is 16.3 Å². The van der Waals surface area contributed by atoms with Crippen LogP contribution in [-0.4, -0.2) is 29.5 Å². The van der Waals surface area contributed by atoms with Gasteiger partial charge in [0.2, 0.25) is 0 Å². The molecule has 22 heavy (non-hydrogen) atoms. The standard InChI is InChI=1S/C16H19ClFN3O/c1-11-4-5-20-21(11)10-13-9-19-6-7-22-16(13)12-2-3-14(17)15(18)8-12/h2-5,8,13,16,19H,6-7,9-10H2,1H3/t13-,16-/m0/s1. The predicted octanol–water partition coefficient (Wildman–Crippen LogP) is 2.96. The number of benzene rings is 1. The molecule has 1 aliphatic rings. The van der Waals surface area contributed by atoms with Gasteiger partial charge < -0.3 is 10.1 Å². The van der Waals surface area contributed by atoms with Crippen molar-refractivity contribution in [2.45, 2.75) is 19.6 Å². The molecular weight excluding hydrogens is 305 g/mol. The minimum absolute atomic E-state index is 0.134. The maximum atomic E-state index is 13.8. The van der Waals surface area contributed by atoms with E-state index in [2.05, 4.69) is 10.4 Å². The summed E-state index contributed by atoms with van der Waals surface area (Å²) in [6.07, 6.45) is 1.61. The number of ether oxygens (including phenoxy) is 1. The minimum atomic E-state index is -0.408. The van der Waals surface area contributed by atoms with Gasteiger partial charge in [0.05, 0.1) is 17.7 Å². The molecule has 2 heterocycles. The third-order valence-electron chi connectivity index (χ3n) is 4.02. The lowest BCUT2D eigenvalue weighted by Gasteiger charge is -2.25. The molecule has 1 aliphatic heterocycles. The Kier molecular flexibility index (Phi) is 4.76. The molecule has 4 nitrogen and oxygen atoms in total. The molecular formula is C16H19ClFN3O. The average molecular weight is 324 g/mol. The van der Waals surface area contributed by atoms with Gasteiger partial charge in [-0.15, -0.1) is 0 Å². The lowest BCUT2D eigenvalue weighted by molar-refractivity contribution is 0.0239. The van der Waals surface area contributed by atoms with Gasteiger partial charge in [-0.3, -0.25) is 4.68 Å². The Balaban J connectivity index is 1.87. The first-order chi connectivity index (χ1) is 10.6. The quantitative estimate of drug-likeness (QED) is 0.944. The highest BCUT2D eigenvalue weighted by Crippen LogP contribution is 2.30. The second-order valence-corrected chi connectivity index (χ2v) is 5.99. The highest BCUT2D eigenvalue weighted by atomic mass is 35.5. The molecule has 2 atom stereocenters. The van der Waals surface area contributed by atoms with Crippen LogP contribution in [0.25, 0.3) is 0 Å². The van der Waals surface area contributed by atoms with Crippen LogP contribution in [0.1, 0.15) is 17.4 Å². The Bertz CT molecular complexity index is 646. The van der Waals surface area contributed by atoms with Gasteiger partial charge >= 0.3 is 0 Å². The van der Waals surface area contributed by atoms with E-state index >= 15 is 0 Å². The first kappa shape index (κ1) is 15.5. The van der Waals surface area contributed by atoms with Gasteiger partial charge in [-0.05, 0) is 30.7 Å². The Labute approximate surface area is 134 Å². The van der Waals surface area contributed by atoms with Crippen molar-refractivity contribution in [2.24, 2.45) is 5.92 Å². The lowest BCUT2D eigenvalue weighted by Crippen LogP contribution is -2.29. The molecule has 0 amide bonds. The van der Waals surface area contributed by atoms with Crippen molar-refractivity contribution >= 4 is 11.6 Å². The molecule has 1 aromatic carbocycles. The minimum Gasteiger partial charge on any atom is -0.372 e. The highest BCUT2D eigenvalue weighted by Gasteiger charge is 2.27. The SMILES string of the molecule is Cc1ccnn1C[C@@H]1CNCCO[C@H]1c1ccc(Cl)c(F)c1. The summed E-state index contributed by atoms with van der Waals surface area (Å²) < 4.78 is 21.7. The van der Waals surface area contributed by atoms with Crippen LogP contribution >= 0.6 is 11.6 Å². The smallest absolute Gasteiger partial charge is 0.142 e. The molecule has 1 N–H and O–H groups in total. The van der Waals surface area contributed by atoms with Gasteiger partial charge in [0.15, 0.2) is 0 Å². The number of hydrogen-bond acceptors (Lipinski definition) is 3. The van der Waals surface area contributed by atoms with E-state index in [-0.39, 0.29) is 17.0 Å². The third kappa shape index (κ3) is 3.32. The largest absolute Gasteiger partial charge is 0.372 e. The molecule has 1 fully saturated rings. The summed E-state index contributed by atoms with van der Waals surface area (Å²) in [5, 5.41) is 7.84. The fourth-order valence-corrected chi connectivity index (χ4v) is 2.94. The van der Waals surface area contributed by atoms with Gasteiger partial charge in [-0.1, -0.05) is 17.7 Å². The summed E-state index contributed by atoms with van der Waals surface area (Å²) >= 11 is 5.78. The third-order valence-corrected chi connectivity index (χ3v) is 4.33. The van der Waals surface area contributed by atoms with Crippen LogP contribution in [0.4, 0.5) is 4.39 Å². The molecule has 0 saturated carbocycles. The summed E-state index contributed by atoms with van der Waals surface area (Å²) in [4.78, 5) is 0. The number of hydrogen-bond donors (Lipinski definition) is 1. The van der Waals surface area contributed by atoms with Gasteiger partial charge in [0.25, 0.3) is 0 Å². The van der Waals surface area contributed by atoms with E-state index in [9.17, 15) is 4.39 Å². The van der Waals surface area contributed by atoms with Crippen LogP contribution < -0.4 is 5.32 Å². The topological polar surface area (TPSA) is 39.1 Å². The zero-order chi connectivity index (χ0) is 15.5. The number of aromatic nitrogens is 2. The molecule has 1 saturated heterocycles. The summed E-state index contributed by atoms with van der Waals surface area (Å²) in [5.74, 6) is -0.240. The number of rotatable bonds is 3. The second kappa shape index (κ2) is 6.77. The molecule has 0 radical (unpaired) electrons. The Hall–Kier alpha value is -1.43. The van der Waals surface area contributed by atoms with Crippen molar-refractivity contribution in [3.05, 3.63) is 52.6 Å². The summed E-state index contributed by atoms with van der Waals surface area (Å²) in [7, 11) is 0. The van der Waals surface area contributed by atoms with Crippen molar-refractivity contribution in [1.29, 1.82) is 0 Å². The first-order valence-electron chi connectivity index (χ1n) is 7.41. The number of halogens is 2. The fraction of sp³-hybridized carbons (Fsp3) is 0.438. The van der Waals surface area contributed by atoms with E-state index in [0.29, 0.717) is 6.61 Å². The van der Waals surface area contributed by atoms with Gasteiger partial charge in [0, 0.05) is 37.4 Å². The molecule has 118 valence electrons. The molecule has 0 spiro atoms. The van der Waals surface area contributed by atoms with Crippen LogP contribution in [0.15, 0.2) is 30.5 Å². The fourth-order valence-electron chi connectivity index (χ4n) is 2.82. The summed E-state index contributed by atoms with van der Waals surface area (Å²) in [5.41, 5.74) is 1.92. The van der Waals surface area contributed by atoms with Crippen LogP contribution in [0.3, 0.4) is 0 Å². The van der Waals surface area contributed by atoms with Crippen LogP contribution in [0.2, 0.25) is 5.02 Å². The zero-order valence-electron chi connectivity index (χ0n) is 12.4. The maximum absolute atomic E-state index is 13.8. The number of nitrogens with zero attached hydrogens (tertiary/aromatic N) is 2. The highest BCUT2D eigenvalue weighted by molar-refractivity contribution is 6.30. The molecule has 1 aromatic heterocycles. The van der Waals surface area contributed by atoms with Crippen LogP contribution in [0.5, 0.6) is 0 Å². The molecule has 0 aliphatic carbocycles. The van der Waals surface area contributed by atoms with E-state index in [1.807, 2.05) is 23.7 Å². The number of nitrogens with one attached hydrogen (secondary N) is 1. The van der Waals surface area contributed by atoms with Crippen molar-refractivity contribution in [2.75, 3.05) is 19.7 Å². The van der Waals surface area contributed by atoms with Crippen molar-refractivity contribution in [3.8, 4) is 0 Å². The van der Waals surface area contributed by atoms with Gasteiger partial charge in [-0.25, -0.2) is 4.39 Å². The van der Waals surface area contributed by atoms with Crippen LogP contribution in [0, 0.1) is 18.7 Å². The maximum Gasteiger partial charge on any atom is 0.142 e. The van der Waals surface area contributed by atoms with Crippen molar-refractivity contribution < 1.29 is 9.13 Å². The second-order valence-electron chi connectivity index (χ2n) is 5.58. The average Bonchev–Trinajstić information content (AvgIpc) is 2.76. The molecule has 0 bridgehead atoms. The Morgan fingerprint density at radius 2 is 2.32 bits per heavy atom. The predicted molar refractivity (Wildman–Crippen MR) is 83.4 cm³/mol. The van der Waals surface area contributed by atoms with E-state index in [1.165, 1.54) is 6.07 Å². The van der Waals surface area contributed by atoms with Crippen LogP contribution in [-0.2, 0) is 11.3 Å². The van der Waals surface area contributed by atoms with E-state index in [1.54, 1.807) is 12.3 Å². The molecule has 2 aromatic rings. The summed E-state index contributed by atoms with van der Waals surface area (Å²) in [6, 6.07) is 6.87.